The number of rotatable bonds is 7. The summed E-state index contributed by atoms with van der Waals surface area (Å²) in [5.41, 5.74) is 7.87. The van der Waals surface area contributed by atoms with Crippen molar-refractivity contribution >= 4 is 24.2 Å². The number of hydrogen-bond donors (Lipinski definition) is 3. The molecule has 0 unspecified atom stereocenters. The SMILES string of the molecule is CC(C)c1ccc(C2(CNC(=O)CNC(=O)CN)CCCC2)cc1.Cl. The van der Waals surface area contributed by atoms with Gasteiger partial charge in [0, 0.05) is 12.0 Å². The highest BCUT2D eigenvalue weighted by atomic mass is 35.5. The molecule has 0 saturated heterocycles. The Morgan fingerprint density at radius 2 is 1.68 bits per heavy atom. The number of halogens is 1. The molecule has 1 fully saturated rings. The number of nitrogens with one attached hydrogen (secondary N) is 2. The largest absolute Gasteiger partial charge is 0.354 e. The fourth-order valence-corrected chi connectivity index (χ4v) is 3.42. The van der Waals surface area contributed by atoms with Crippen LogP contribution in [0.5, 0.6) is 0 Å². The van der Waals surface area contributed by atoms with Crippen molar-refractivity contribution in [3.63, 3.8) is 0 Å². The van der Waals surface area contributed by atoms with Crippen LogP contribution < -0.4 is 16.4 Å². The van der Waals surface area contributed by atoms with E-state index >= 15 is 0 Å². The minimum absolute atomic E-state index is 0. The van der Waals surface area contributed by atoms with Gasteiger partial charge < -0.3 is 16.4 Å². The Kier molecular flexibility index (Phi) is 8.39. The first kappa shape index (κ1) is 21.5. The highest BCUT2D eigenvalue weighted by Gasteiger charge is 2.35. The lowest BCUT2D eigenvalue weighted by Crippen LogP contribution is -2.44. The molecule has 0 atom stereocenters. The van der Waals surface area contributed by atoms with Crippen molar-refractivity contribution in [3.8, 4) is 0 Å². The molecule has 2 amide bonds. The zero-order valence-corrected chi connectivity index (χ0v) is 16.0. The summed E-state index contributed by atoms with van der Waals surface area (Å²) in [7, 11) is 0. The molecule has 1 aliphatic rings. The first-order valence-electron chi connectivity index (χ1n) is 8.81. The first-order chi connectivity index (χ1) is 11.5. The topological polar surface area (TPSA) is 84.2 Å². The molecule has 6 heteroatoms. The van der Waals surface area contributed by atoms with Crippen LogP contribution in [-0.2, 0) is 15.0 Å². The van der Waals surface area contributed by atoms with E-state index in [0.717, 1.165) is 12.8 Å². The predicted octanol–water partition coefficient (Wildman–Crippen LogP) is 2.23. The summed E-state index contributed by atoms with van der Waals surface area (Å²) < 4.78 is 0. The Labute approximate surface area is 156 Å². The van der Waals surface area contributed by atoms with Crippen molar-refractivity contribution in [2.24, 2.45) is 5.73 Å². The van der Waals surface area contributed by atoms with Crippen LogP contribution in [0.25, 0.3) is 0 Å². The molecule has 0 radical (unpaired) electrons. The summed E-state index contributed by atoms with van der Waals surface area (Å²) in [6.45, 7) is 4.88. The quantitative estimate of drug-likeness (QED) is 0.691. The van der Waals surface area contributed by atoms with E-state index in [1.165, 1.54) is 24.0 Å². The van der Waals surface area contributed by atoms with E-state index in [9.17, 15) is 9.59 Å². The van der Waals surface area contributed by atoms with Crippen LogP contribution in [0.4, 0.5) is 0 Å². The predicted molar refractivity (Wildman–Crippen MR) is 103 cm³/mol. The van der Waals surface area contributed by atoms with E-state index in [1.807, 2.05) is 0 Å². The zero-order chi connectivity index (χ0) is 17.6. The number of carbonyl (C=O) groups is 2. The highest BCUT2D eigenvalue weighted by molar-refractivity contribution is 5.85. The molecule has 1 aromatic rings. The van der Waals surface area contributed by atoms with Crippen LogP contribution in [0, 0.1) is 0 Å². The molecule has 0 aromatic heterocycles. The molecule has 4 N–H and O–H groups in total. The minimum Gasteiger partial charge on any atom is -0.354 e. The normalized spacial score (nSPS) is 15.5. The lowest BCUT2D eigenvalue weighted by atomic mass is 9.78. The number of carbonyl (C=O) groups excluding carboxylic acids is 2. The van der Waals surface area contributed by atoms with Gasteiger partial charge in [0.05, 0.1) is 13.1 Å². The lowest BCUT2D eigenvalue weighted by Gasteiger charge is -2.30. The van der Waals surface area contributed by atoms with Crippen LogP contribution >= 0.6 is 12.4 Å². The van der Waals surface area contributed by atoms with E-state index in [4.69, 9.17) is 5.73 Å². The Hall–Kier alpha value is -1.59. The zero-order valence-electron chi connectivity index (χ0n) is 15.1. The summed E-state index contributed by atoms with van der Waals surface area (Å²) in [5, 5.41) is 5.49. The smallest absolute Gasteiger partial charge is 0.239 e. The number of benzene rings is 1. The molecule has 140 valence electrons. The van der Waals surface area contributed by atoms with Crippen molar-refractivity contribution < 1.29 is 9.59 Å². The summed E-state index contributed by atoms with van der Waals surface area (Å²) in [6, 6.07) is 8.82. The third-order valence-corrected chi connectivity index (χ3v) is 5.01. The maximum absolute atomic E-state index is 12.0. The summed E-state index contributed by atoms with van der Waals surface area (Å²) >= 11 is 0. The fourth-order valence-electron chi connectivity index (χ4n) is 3.42. The average Bonchev–Trinajstić information content (AvgIpc) is 3.08. The third kappa shape index (κ3) is 5.72. The van der Waals surface area contributed by atoms with Gasteiger partial charge in [-0.05, 0) is 29.9 Å². The standard InChI is InChI=1S/C19H29N3O2.ClH/c1-14(2)15-5-7-16(8-6-15)19(9-3-4-10-19)13-22-18(24)12-21-17(23)11-20;/h5-8,14H,3-4,9-13,20H2,1-2H3,(H,21,23)(H,22,24);1H. The molecule has 0 spiro atoms. The van der Waals surface area contributed by atoms with Crippen LogP contribution in [0.15, 0.2) is 24.3 Å². The van der Waals surface area contributed by atoms with Crippen molar-refractivity contribution in [1.82, 2.24) is 10.6 Å². The Balaban J connectivity index is 0.00000312. The highest BCUT2D eigenvalue weighted by Crippen LogP contribution is 2.40. The molecule has 0 aliphatic heterocycles. The van der Waals surface area contributed by atoms with E-state index in [-0.39, 0.29) is 42.7 Å². The molecule has 1 saturated carbocycles. The maximum atomic E-state index is 12.0. The summed E-state index contributed by atoms with van der Waals surface area (Å²) in [5.74, 6) is 0.0383. The van der Waals surface area contributed by atoms with Gasteiger partial charge in [0.15, 0.2) is 0 Å². The van der Waals surface area contributed by atoms with Crippen LogP contribution in [0.3, 0.4) is 0 Å². The molecule has 1 aromatic carbocycles. The average molecular weight is 368 g/mol. The van der Waals surface area contributed by atoms with Gasteiger partial charge in [0.25, 0.3) is 0 Å². The first-order valence-corrected chi connectivity index (χ1v) is 8.81. The lowest BCUT2D eigenvalue weighted by molar-refractivity contribution is -0.125. The summed E-state index contributed by atoms with van der Waals surface area (Å²) in [4.78, 5) is 23.1. The fraction of sp³-hybridized carbons (Fsp3) is 0.579. The summed E-state index contributed by atoms with van der Waals surface area (Å²) in [6.07, 6.45) is 4.55. The van der Waals surface area contributed by atoms with Crippen LogP contribution in [-0.4, -0.2) is 31.4 Å². The number of amides is 2. The second kappa shape index (κ2) is 9.78. The molecule has 0 heterocycles. The molecule has 0 bridgehead atoms. The second-order valence-electron chi connectivity index (χ2n) is 7.02. The van der Waals surface area contributed by atoms with Gasteiger partial charge >= 0.3 is 0 Å². The molecule has 5 nitrogen and oxygen atoms in total. The minimum atomic E-state index is -0.315. The van der Waals surface area contributed by atoms with Gasteiger partial charge in [-0.1, -0.05) is 51.0 Å². The van der Waals surface area contributed by atoms with Gasteiger partial charge in [0.2, 0.25) is 11.8 Å². The third-order valence-electron chi connectivity index (χ3n) is 5.01. The van der Waals surface area contributed by atoms with Gasteiger partial charge in [-0.3, -0.25) is 9.59 Å². The monoisotopic (exact) mass is 367 g/mol. The van der Waals surface area contributed by atoms with Gasteiger partial charge in [-0.15, -0.1) is 12.4 Å². The van der Waals surface area contributed by atoms with E-state index in [0.29, 0.717) is 12.5 Å². The van der Waals surface area contributed by atoms with Gasteiger partial charge in [-0.2, -0.15) is 0 Å². The molecule has 2 rings (SSSR count). The van der Waals surface area contributed by atoms with Gasteiger partial charge in [0.1, 0.15) is 0 Å². The Morgan fingerprint density at radius 1 is 1.08 bits per heavy atom. The molecular weight excluding hydrogens is 338 g/mol. The van der Waals surface area contributed by atoms with Gasteiger partial charge in [-0.25, -0.2) is 0 Å². The number of nitrogens with two attached hydrogens (primary N) is 1. The van der Waals surface area contributed by atoms with Crippen molar-refractivity contribution in [2.45, 2.75) is 50.9 Å². The molecule has 25 heavy (non-hydrogen) atoms. The van der Waals surface area contributed by atoms with E-state index < -0.39 is 0 Å². The van der Waals surface area contributed by atoms with Crippen molar-refractivity contribution in [2.75, 3.05) is 19.6 Å². The molecule has 1 aliphatic carbocycles. The Morgan fingerprint density at radius 3 is 2.20 bits per heavy atom. The van der Waals surface area contributed by atoms with Crippen molar-refractivity contribution in [3.05, 3.63) is 35.4 Å². The maximum Gasteiger partial charge on any atom is 0.239 e. The Bertz CT molecular complexity index is 567. The van der Waals surface area contributed by atoms with Crippen molar-refractivity contribution in [1.29, 1.82) is 0 Å². The second-order valence-corrected chi connectivity index (χ2v) is 7.02. The van der Waals surface area contributed by atoms with E-state index in [1.54, 1.807) is 0 Å². The van der Waals surface area contributed by atoms with Crippen LogP contribution in [0.1, 0.15) is 56.6 Å². The van der Waals surface area contributed by atoms with Crippen LogP contribution in [0.2, 0.25) is 0 Å². The molecular formula is C19H30ClN3O2. The van der Waals surface area contributed by atoms with E-state index in [2.05, 4.69) is 48.7 Å². The number of hydrogen-bond acceptors (Lipinski definition) is 3.